The van der Waals surface area contributed by atoms with E-state index in [0.29, 0.717) is 49.2 Å². The van der Waals surface area contributed by atoms with Crippen LogP contribution in [0.1, 0.15) is 58.3 Å². The van der Waals surface area contributed by atoms with Crippen LogP contribution in [0.15, 0.2) is 11.6 Å². The molecule has 5 fully saturated rings. The van der Waals surface area contributed by atoms with Crippen LogP contribution in [-0.2, 0) is 18.9 Å². The first-order valence-corrected chi connectivity index (χ1v) is 11.9. The van der Waals surface area contributed by atoms with Crippen molar-refractivity contribution in [1.29, 1.82) is 0 Å². The summed E-state index contributed by atoms with van der Waals surface area (Å²) in [4.78, 5) is 0. The molecular formula is C24H35FO4. The summed E-state index contributed by atoms with van der Waals surface area (Å²) in [6.45, 7) is 5.03. The SMILES string of the molecule is C[C@]12C[C@H](CCF)[C@H]3[C@@H](CC=C4CC5(CC[C@@H]43)OCCO5)[C@@H]1CCC21OCCO1. The van der Waals surface area contributed by atoms with Gasteiger partial charge in [0.1, 0.15) is 0 Å². The first kappa shape index (κ1) is 19.2. The van der Waals surface area contributed by atoms with Gasteiger partial charge in [-0.05, 0) is 61.7 Å². The van der Waals surface area contributed by atoms with E-state index in [0.717, 1.165) is 51.7 Å². The van der Waals surface area contributed by atoms with E-state index >= 15 is 0 Å². The second-order valence-electron chi connectivity index (χ2n) is 10.6. The minimum atomic E-state index is -0.413. The zero-order valence-corrected chi connectivity index (χ0v) is 17.7. The van der Waals surface area contributed by atoms with Gasteiger partial charge in [0.25, 0.3) is 0 Å². The number of hydrogen-bond acceptors (Lipinski definition) is 4. The standard InChI is InChI=1S/C24H35FO4/c1-22-14-17(6-9-25)21-18-4-7-23(26-10-11-27-23)15-16(18)2-3-19(21)20(22)5-8-24(22)28-12-13-29-24/h2,17-21H,3-15H2,1H3/t17-,18-,19-,20-,21+,22-/m0/s1. The molecule has 0 aromatic rings. The van der Waals surface area contributed by atoms with E-state index in [1.165, 1.54) is 12.0 Å². The summed E-state index contributed by atoms with van der Waals surface area (Å²) in [6.07, 6.45) is 10.6. The molecule has 2 saturated heterocycles. The second-order valence-corrected chi connectivity index (χ2v) is 10.6. The quantitative estimate of drug-likeness (QED) is 0.627. The minimum Gasteiger partial charge on any atom is -0.347 e. The summed E-state index contributed by atoms with van der Waals surface area (Å²) in [5, 5.41) is 0. The lowest BCUT2D eigenvalue weighted by Gasteiger charge is -2.58. The molecule has 162 valence electrons. The van der Waals surface area contributed by atoms with Gasteiger partial charge in [-0.1, -0.05) is 18.6 Å². The first-order chi connectivity index (χ1) is 14.1. The molecule has 2 heterocycles. The molecule has 2 spiro atoms. The topological polar surface area (TPSA) is 36.9 Å². The van der Waals surface area contributed by atoms with Crippen molar-refractivity contribution in [1.82, 2.24) is 0 Å². The summed E-state index contributed by atoms with van der Waals surface area (Å²) >= 11 is 0. The van der Waals surface area contributed by atoms with Gasteiger partial charge in [0, 0.05) is 24.7 Å². The summed E-state index contributed by atoms with van der Waals surface area (Å²) in [7, 11) is 0. The number of allylic oxidation sites excluding steroid dienone is 1. The van der Waals surface area contributed by atoms with Crippen LogP contribution in [0.2, 0.25) is 0 Å². The Kier molecular flexibility index (Phi) is 4.47. The zero-order chi connectivity index (χ0) is 19.7. The molecule has 29 heavy (non-hydrogen) atoms. The van der Waals surface area contributed by atoms with Crippen LogP contribution in [-0.4, -0.2) is 44.7 Å². The fraction of sp³-hybridized carbons (Fsp3) is 0.917. The predicted octanol–water partition coefficient (Wildman–Crippen LogP) is 4.63. The van der Waals surface area contributed by atoms with Crippen LogP contribution in [0.5, 0.6) is 0 Å². The highest BCUT2D eigenvalue weighted by Gasteiger charge is 2.67. The van der Waals surface area contributed by atoms with Crippen LogP contribution >= 0.6 is 0 Å². The largest absolute Gasteiger partial charge is 0.347 e. The van der Waals surface area contributed by atoms with Crippen LogP contribution < -0.4 is 0 Å². The lowest BCUT2D eigenvalue weighted by atomic mass is 9.48. The molecule has 0 amide bonds. The molecule has 3 saturated carbocycles. The maximum absolute atomic E-state index is 13.7. The average Bonchev–Trinajstić information content (AvgIpc) is 3.44. The summed E-state index contributed by atoms with van der Waals surface area (Å²) < 4.78 is 38.4. The Bertz CT molecular complexity index is 680. The second kappa shape index (κ2) is 6.75. The van der Waals surface area contributed by atoms with Crippen molar-refractivity contribution < 1.29 is 23.3 Å². The Labute approximate surface area is 173 Å². The van der Waals surface area contributed by atoms with Crippen LogP contribution in [0.25, 0.3) is 0 Å². The van der Waals surface area contributed by atoms with Crippen molar-refractivity contribution >= 4 is 0 Å². The van der Waals surface area contributed by atoms with Gasteiger partial charge >= 0.3 is 0 Å². The van der Waals surface area contributed by atoms with E-state index in [1.807, 2.05) is 0 Å². The zero-order valence-electron chi connectivity index (χ0n) is 17.7. The summed E-state index contributed by atoms with van der Waals surface area (Å²) in [5.41, 5.74) is 1.55. The van der Waals surface area contributed by atoms with Crippen molar-refractivity contribution in [3.63, 3.8) is 0 Å². The molecule has 0 aromatic carbocycles. The fourth-order valence-corrected chi connectivity index (χ4v) is 8.62. The highest BCUT2D eigenvalue weighted by molar-refractivity contribution is 5.23. The molecule has 6 aliphatic rings. The van der Waals surface area contributed by atoms with Gasteiger partial charge in [0.15, 0.2) is 11.6 Å². The molecule has 0 bridgehead atoms. The van der Waals surface area contributed by atoms with Crippen molar-refractivity contribution in [3.05, 3.63) is 11.6 Å². The molecule has 4 nitrogen and oxygen atoms in total. The minimum absolute atomic E-state index is 0.0173. The Hall–Kier alpha value is -0.490. The smallest absolute Gasteiger partial charge is 0.174 e. The highest BCUT2D eigenvalue weighted by atomic mass is 19.1. The Morgan fingerprint density at radius 1 is 1.03 bits per heavy atom. The average molecular weight is 407 g/mol. The third kappa shape index (κ3) is 2.63. The number of halogens is 1. The van der Waals surface area contributed by atoms with Gasteiger partial charge in [-0.3, -0.25) is 4.39 Å². The monoisotopic (exact) mass is 406 g/mol. The van der Waals surface area contributed by atoms with Crippen molar-refractivity contribution in [2.24, 2.45) is 35.0 Å². The van der Waals surface area contributed by atoms with Crippen molar-refractivity contribution in [2.45, 2.75) is 69.9 Å². The Morgan fingerprint density at radius 2 is 1.79 bits per heavy atom. The maximum Gasteiger partial charge on any atom is 0.174 e. The van der Waals surface area contributed by atoms with Crippen LogP contribution in [0.4, 0.5) is 4.39 Å². The molecule has 0 radical (unpaired) electrons. The fourth-order valence-electron chi connectivity index (χ4n) is 8.62. The highest BCUT2D eigenvalue weighted by Crippen LogP contribution is 2.68. The predicted molar refractivity (Wildman–Crippen MR) is 106 cm³/mol. The van der Waals surface area contributed by atoms with E-state index in [2.05, 4.69) is 13.0 Å². The molecule has 6 rings (SSSR count). The van der Waals surface area contributed by atoms with Gasteiger partial charge in [-0.2, -0.15) is 0 Å². The number of rotatable bonds is 2. The van der Waals surface area contributed by atoms with E-state index < -0.39 is 5.79 Å². The number of fused-ring (bicyclic) bond motifs is 6. The van der Waals surface area contributed by atoms with E-state index in [4.69, 9.17) is 18.9 Å². The van der Waals surface area contributed by atoms with Gasteiger partial charge in [0.05, 0.1) is 33.1 Å². The Morgan fingerprint density at radius 3 is 2.55 bits per heavy atom. The summed E-state index contributed by atoms with van der Waals surface area (Å²) in [6, 6.07) is 0. The first-order valence-electron chi connectivity index (χ1n) is 11.9. The number of ether oxygens (including phenoxy) is 4. The Balaban J connectivity index is 1.33. The van der Waals surface area contributed by atoms with E-state index in [1.54, 1.807) is 0 Å². The molecule has 2 aliphatic heterocycles. The molecule has 0 unspecified atom stereocenters. The van der Waals surface area contributed by atoms with Gasteiger partial charge in [0.2, 0.25) is 0 Å². The summed E-state index contributed by atoms with van der Waals surface area (Å²) in [5.74, 6) is 2.07. The molecular weight excluding hydrogens is 371 g/mol. The third-order valence-electron chi connectivity index (χ3n) is 9.66. The van der Waals surface area contributed by atoms with Crippen LogP contribution in [0, 0.1) is 35.0 Å². The van der Waals surface area contributed by atoms with Gasteiger partial charge < -0.3 is 18.9 Å². The number of alkyl halides is 1. The number of hydrogen-bond donors (Lipinski definition) is 0. The van der Waals surface area contributed by atoms with E-state index in [9.17, 15) is 4.39 Å². The van der Waals surface area contributed by atoms with Crippen LogP contribution in [0.3, 0.4) is 0 Å². The third-order valence-corrected chi connectivity index (χ3v) is 9.66. The van der Waals surface area contributed by atoms with Crippen molar-refractivity contribution in [2.75, 3.05) is 33.1 Å². The van der Waals surface area contributed by atoms with Gasteiger partial charge in [-0.25, -0.2) is 0 Å². The van der Waals surface area contributed by atoms with Crippen molar-refractivity contribution in [3.8, 4) is 0 Å². The molecule has 0 N–H and O–H groups in total. The van der Waals surface area contributed by atoms with E-state index in [-0.39, 0.29) is 17.9 Å². The lowest BCUT2D eigenvalue weighted by Crippen LogP contribution is -2.56. The lowest BCUT2D eigenvalue weighted by molar-refractivity contribution is -0.249. The molecule has 0 aromatic heterocycles. The van der Waals surface area contributed by atoms with Gasteiger partial charge in [-0.15, -0.1) is 0 Å². The maximum atomic E-state index is 13.7. The normalized spacial score (nSPS) is 47.1. The molecule has 4 aliphatic carbocycles. The molecule has 5 heteroatoms. The molecule has 6 atom stereocenters.